The summed E-state index contributed by atoms with van der Waals surface area (Å²) in [6, 6.07) is 18.6. The molecule has 3 aromatic carbocycles. The minimum atomic E-state index is -4.30. The van der Waals surface area contributed by atoms with Crippen LogP contribution >= 0.6 is 0 Å². The van der Waals surface area contributed by atoms with Gasteiger partial charge in [0.05, 0.1) is 23.6 Å². The van der Waals surface area contributed by atoms with Crippen LogP contribution in [0.15, 0.2) is 96.4 Å². The second kappa shape index (κ2) is 9.64. The summed E-state index contributed by atoms with van der Waals surface area (Å²) < 4.78 is 48.6. The first-order valence-corrected chi connectivity index (χ1v) is 12.4. The molecular weight excluding hydrogens is 493 g/mol. The first kappa shape index (κ1) is 23.8. The minimum Gasteiger partial charge on any atom is -0.495 e. The number of fused-ring (bicyclic) bond motifs is 1. The highest BCUT2D eigenvalue weighted by Gasteiger charge is 2.32. The van der Waals surface area contributed by atoms with E-state index in [-0.39, 0.29) is 27.8 Å². The Balaban J connectivity index is 1.75. The van der Waals surface area contributed by atoms with Crippen LogP contribution in [0.4, 0.5) is 16.0 Å². The van der Waals surface area contributed by atoms with Gasteiger partial charge in [-0.15, -0.1) is 0 Å². The molecule has 0 aliphatic rings. The number of sulfonamides is 1. The summed E-state index contributed by atoms with van der Waals surface area (Å²) in [6.45, 7) is 0. The molecule has 0 bridgehead atoms. The highest BCUT2D eigenvalue weighted by atomic mass is 32.2. The number of aromatic nitrogens is 3. The zero-order chi connectivity index (χ0) is 26.0. The van der Waals surface area contributed by atoms with Crippen LogP contribution in [0.3, 0.4) is 0 Å². The molecule has 10 heteroatoms. The molecule has 0 spiro atoms. The maximum Gasteiger partial charge on any atom is 0.271 e. The summed E-state index contributed by atoms with van der Waals surface area (Å²) in [5.41, 5.74) is 0.962. The maximum absolute atomic E-state index is 14.1. The number of nitriles is 1. The van der Waals surface area contributed by atoms with Crippen molar-refractivity contribution in [2.45, 2.75) is 4.90 Å². The largest absolute Gasteiger partial charge is 0.495 e. The fraction of sp³-hybridized carbons (Fsp3) is 0.0370. The van der Waals surface area contributed by atoms with Crippen molar-refractivity contribution in [1.29, 1.82) is 5.26 Å². The first-order valence-electron chi connectivity index (χ1n) is 11.0. The second-order valence-electron chi connectivity index (χ2n) is 7.89. The average molecular weight is 512 g/mol. The smallest absolute Gasteiger partial charge is 0.271 e. The molecule has 0 aliphatic carbocycles. The molecule has 8 nitrogen and oxygen atoms in total. The summed E-state index contributed by atoms with van der Waals surface area (Å²) in [5, 5.41) is 11.4. The number of anilines is 2. The van der Waals surface area contributed by atoms with Crippen LogP contribution in [0.2, 0.25) is 0 Å². The van der Waals surface area contributed by atoms with Crippen molar-refractivity contribution in [2.24, 2.45) is 0 Å². The van der Waals surface area contributed by atoms with E-state index in [9.17, 15) is 18.1 Å². The van der Waals surface area contributed by atoms with Crippen molar-refractivity contribution in [1.82, 2.24) is 15.0 Å². The Kier molecular flexibility index (Phi) is 6.21. The molecule has 0 N–H and O–H groups in total. The lowest BCUT2D eigenvalue weighted by molar-refractivity contribution is 0.416. The molecule has 182 valence electrons. The van der Waals surface area contributed by atoms with Gasteiger partial charge in [-0.05, 0) is 59.5 Å². The molecule has 0 radical (unpaired) electrons. The van der Waals surface area contributed by atoms with Crippen molar-refractivity contribution < 1.29 is 17.5 Å². The number of hydrogen-bond donors (Lipinski definition) is 0. The zero-order valence-corrected chi connectivity index (χ0v) is 20.2. The van der Waals surface area contributed by atoms with Gasteiger partial charge in [0, 0.05) is 35.7 Å². The lowest BCUT2D eigenvalue weighted by Crippen LogP contribution is -2.28. The number of hydrogen-bond acceptors (Lipinski definition) is 7. The Labute approximate surface area is 212 Å². The molecule has 0 unspecified atom stereocenters. The van der Waals surface area contributed by atoms with Crippen LogP contribution in [-0.4, -0.2) is 30.5 Å². The summed E-state index contributed by atoms with van der Waals surface area (Å²) in [4.78, 5) is 12.4. The SMILES string of the molecule is COc1cc(-c2cccc(F)c2)c(C#N)cc1N(c1ncccn1)S(=O)(=O)c1ccc2cnccc2c1. The number of pyridine rings is 1. The van der Waals surface area contributed by atoms with Crippen LogP contribution in [-0.2, 0) is 10.0 Å². The van der Waals surface area contributed by atoms with E-state index < -0.39 is 15.8 Å². The predicted octanol–water partition coefficient (Wildman–Crippen LogP) is 5.24. The van der Waals surface area contributed by atoms with E-state index in [1.54, 1.807) is 36.7 Å². The molecule has 0 atom stereocenters. The summed E-state index contributed by atoms with van der Waals surface area (Å²) in [7, 11) is -2.93. The molecule has 0 fully saturated rings. The third kappa shape index (κ3) is 4.44. The molecule has 5 aromatic rings. The Morgan fingerprint density at radius 2 is 1.76 bits per heavy atom. The fourth-order valence-electron chi connectivity index (χ4n) is 3.95. The average Bonchev–Trinajstić information content (AvgIpc) is 2.93. The van der Waals surface area contributed by atoms with Gasteiger partial charge >= 0.3 is 0 Å². The highest BCUT2D eigenvalue weighted by Crippen LogP contribution is 2.41. The van der Waals surface area contributed by atoms with E-state index in [0.29, 0.717) is 16.5 Å². The zero-order valence-electron chi connectivity index (χ0n) is 19.4. The maximum atomic E-state index is 14.1. The third-order valence-corrected chi connectivity index (χ3v) is 7.37. The van der Waals surface area contributed by atoms with Gasteiger partial charge in [-0.2, -0.15) is 9.57 Å². The van der Waals surface area contributed by atoms with E-state index in [1.807, 2.05) is 0 Å². The molecule has 0 amide bonds. The predicted molar refractivity (Wildman–Crippen MR) is 136 cm³/mol. The lowest BCUT2D eigenvalue weighted by atomic mass is 9.99. The summed E-state index contributed by atoms with van der Waals surface area (Å²) in [5.74, 6) is -0.491. The number of methoxy groups -OCH3 is 1. The Hall–Kier alpha value is -4.88. The van der Waals surface area contributed by atoms with Gasteiger partial charge in [0.1, 0.15) is 17.3 Å². The Morgan fingerprint density at radius 3 is 2.49 bits per heavy atom. The van der Waals surface area contributed by atoms with Crippen LogP contribution < -0.4 is 9.04 Å². The molecule has 5 rings (SSSR count). The van der Waals surface area contributed by atoms with Crippen LogP contribution in [0.1, 0.15) is 5.56 Å². The fourth-order valence-corrected chi connectivity index (χ4v) is 5.38. The van der Waals surface area contributed by atoms with E-state index >= 15 is 0 Å². The number of rotatable bonds is 6. The lowest BCUT2D eigenvalue weighted by Gasteiger charge is -2.25. The van der Waals surface area contributed by atoms with Crippen molar-refractivity contribution in [3.63, 3.8) is 0 Å². The van der Waals surface area contributed by atoms with Crippen LogP contribution in [0.25, 0.3) is 21.9 Å². The van der Waals surface area contributed by atoms with E-state index in [0.717, 1.165) is 9.69 Å². The molecule has 0 saturated carbocycles. The quantitative estimate of drug-likeness (QED) is 0.307. The van der Waals surface area contributed by atoms with Crippen LogP contribution in [0, 0.1) is 17.1 Å². The number of ether oxygens (including phenoxy) is 1. The van der Waals surface area contributed by atoms with Crippen molar-refractivity contribution in [2.75, 3.05) is 11.4 Å². The summed E-state index contributed by atoms with van der Waals surface area (Å²) in [6.07, 6.45) is 6.03. The standard InChI is InChI=1S/C27H18FN5O3S/c1-36-26-15-24(19-4-2-5-22(28)12-19)21(16-29)14-25(26)33(27-31-9-3-10-32-27)37(34,35)23-7-6-20-17-30-11-8-18(20)13-23/h2-15,17H,1H3. The topological polar surface area (TPSA) is 109 Å². The van der Waals surface area contributed by atoms with Crippen LogP contribution in [0.5, 0.6) is 5.75 Å². The van der Waals surface area contributed by atoms with E-state index in [4.69, 9.17) is 4.74 Å². The van der Waals surface area contributed by atoms with Gasteiger partial charge in [0.15, 0.2) is 0 Å². The Bertz CT molecular complexity index is 1770. The van der Waals surface area contributed by atoms with E-state index in [1.165, 1.54) is 62.0 Å². The van der Waals surface area contributed by atoms with Gasteiger partial charge in [0.25, 0.3) is 10.0 Å². The van der Waals surface area contributed by atoms with Crippen molar-refractivity contribution in [3.8, 4) is 22.9 Å². The third-order valence-electron chi connectivity index (χ3n) is 5.68. The molecular formula is C27H18FN5O3S. The molecule has 0 aliphatic heterocycles. The minimum absolute atomic E-state index is 0.0200. The van der Waals surface area contributed by atoms with Gasteiger partial charge in [-0.3, -0.25) is 4.98 Å². The van der Waals surface area contributed by atoms with Crippen molar-refractivity contribution >= 4 is 32.4 Å². The number of nitrogens with zero attached hydrogens (tertiary/aromatic N) is 5. The normalized spacial score (nSPS) is 11.2. The highest BCUT2D eigenvalue weighted by molar-refractivity contribution is 7.93. The summed E-state index contributed by atoms with van der Waals surface area (Å²) >= 11 is 0. The van der Waals surface area contributed by atoms with Crippen molar-refractivity contribution in [3.05, 3.63) is 103 Å². The molecule has 2 aromatic heterocycles. The molecule has 2 heterocycles. The monoisotopic (exact) mass is 511 g/mol. The first-order chi connectivity index (χ1) is 17.9. The number of halogens is 1. The van der Waals surface area contributed by atoms with Gasteiger partial charge < -0.3 is 4.74 Å². The second-order valence-corrected chi connectivity index (χ2v) is 9.68. The molecule has 0 saturated heterocycles. The van der Waals surface area contributed by atoms with Gasteiger partial charge in [0.2, 0.25) is 5.95 Å². The van der Waals surface area contributed by atoms with Gasteiger partial charge in [-0.25, -0.2) is 22.8 Å². The molecule has 37 heavy (non-hydrogen) atoms. The number of benzene rings is 3. The van der Waals surface area contributed by atoms with E-state index in [2.05, 4.69) is 21.0 Å². The van der Waals surface area contributed by atoms with Gasteiger partial charge in [-0.1, -0.05) is 18.2 Å². The Morgan fingerprint density at radius 1 is 0.946 bits per heavy atom.